The van der Waals surface area contributed by atoms with Gasteiger partial charge in [-0.25, -0.2) is 0 Å². The third-order valence-electron chi connectivity index (χ3n) is 2.46. The minimum atomic E-state index is 0.0526. The first-order valence-electron chi connectivity index (χ1n) is 5.42. The Hall–Kier alpha value is -0.770. The van der Waals surface area contributed by atoms with Gasteiger partial charge in [0, 0.05) is 13.6 Å². The van der Waals surface area contributed by atoms with E-state index >= 15 is 0 Å². The summed E-state index contributed by atoms with van der Waals surface area (Å²) >= 11 is 11.7. The molecule has 3 nitrogen and oxygen atoms in total. The minimum Gasteiger partial charge on any atom is -0.345 e. The fourth-order valence-electron chi connectivity index (χ4n) is 1.41. The summed E-state index contributed by atoms with van der Waals surface area (Å²) in [4.78, 5) is 13.5. The van der Waals surface area contributed by atoms with E-state index in [2.05, 4.69) is 0 Å². The van der Waals surface area contributed by atoms with Crippen molar-refractivity contribution >= 4 is 29.1 Å². The second kappa shape index (κ2) is 6.84. The molecule has 0 heterocycles. The number of halogens is 2. The van der Waals surface area contributed by atoms with Gasteiger partial charge < -0.3 is 10.6 Å². The number of amides is 1. The maximum atomic E-state index is 11.8. The Balaban J connectivity index is 2.58. The third-order valence-corrected chi connectivity index (χ3v) is 3.20. The highest BCUT2D eigenvalue weighted by Crippen LogP contribution is 2.22. The van der Waals surface area contributed by atoms with Gasteiger partial charge in [-0.1, -0.05) is 29.3 Å². The Morgan fingerprint density at radius 1 is 1.35 bits per heavy atom. The van der Waals surface area contributed by atoms with E-state index in [1.165, 1.54) is 0 Å². The molecule has 2 N–H and O–H groups in total. The van der Waals surface area contributed by atoms with E-state index in [-0.39, 0.29) is 5.91 Å². The largest absolute Gasteiger partial charge is 0.345 e. The van der Waals surface area contributed by atoms with E-state index in [1.807, 2.05) is 6.07 Å². The zero-order valence-corrected chi connectivity index (χ0v) is 11.3. The smallest absolute Gasteiger partial charge is 0.226 e. The molecular weight excluding hydrogens is 259 g/mol. The van der Waals surface area contributed by atoms with E-state index in [1.54, 1.807) is 24.1 Å². The van der Waals surface area contributed by atoms with Crippen LogP contribution in [0.2, 0.25) is 10.0 Å². The van der Waals surface area contributed by atoms with Gasteiger partial charge in [0.15, 0.2) is 0 Å². The molecule has 0 radical (unpaired) electrons. The van der Waals surface area contributed by atoms with E-state index in [4.69, 9.17) is 28.9 Å². The average molecular weight is 275 g/mol. The van der Waals surface area contributed by atoms with Gasteiger partial charge >= 0.3 is 0 Å². The Morgan fingerprint density at radius 3 is 2.65 bits per heavy atom. The zero-order chi connectivity index (χ0) is 12.8. The molecule has 0 fully saturated rings. The van der Waals surface area contributed by atoms with Crippen LogP contribution in [0.15, 0.2) is 18.2 Å². The summed E-state index contributed by atoms with van der Waals surface area (Å²) in [6, 6.07) is 5.23. The Morgan fingerprint density at radius 2 is 2.06 bits per heavy atom. The van der Waals surface area contributed by atoms with Gasteiger partial charge in [-0.3, -0.25) is 4.79 Å². The van der Waals surface area contributed by atoms with Crippen molar-refractivity contribution in [3.63, 3.8) is 0 Å². The second-order valence-corrected chi connectivity index (χ2v) is 4.70. The number of nitrogens with zero attached hydrogens (tertiary/aromatic N) is 1. The Labute approximate surface area is 111 Å². The summed E-state index contributed by atoms with van der Waals surface area (Å²) in [5.74, 6) is 0.0526. The molecule has 0 unspecified atom stereocenters. The molecular formula is C12H16Cl2N2O. The molecule has 0 saturated carbocycles. The van der Waals surface area contributed by atoms with E-state index in [9.17, 15) is 4.79 Å². The van der Waals surface area contributed by atoms with Crippen molar-refractivity contribution in [1.82, 2.24) is 4.90 Å². The molecule has 0 bridgehead atoms. The molecule has 94 valence electrons. The molecule has 0 aliphatic carbocycles. The predicted octanol–water partition coefficient (Wildman–Crippen LogP) is 2.34. The van der Waals surface area contributed by atoms with Gasteiger partial charge in [0.25, 0.3) is 0 Å². The average Bonchev–Trinajstić information content (AvgIpc) is 2.30. The molecule has 17 heavy (non-hydrogen) atoms. The first kappa shape index (κ1) is 14.3. The number of benzene rings is 1. The summed E-state index contributed by atoms with van der Waals surface area (Å²) in [6.45, 7) is 1.26. The van der Waals surface area contributed by atoms with Gasteiger partial charge in [0.1, 0.15) is 0 Å². The summed E-state index contributed by atoms with van der Waals surface area (Å²) in [5, 5.41) is 0.973. The van der Waals surface area contributed by atoms with Crippen LogP contribution in [0.4, 0.5) is 0 Å². The summed E-state index contributed by atoms with van der Waals surface area (Å²) in [7, 11) is 1.77. The maximum absolute atomic E-state index is 11.8. The highest BCUT2D eigenvalue weighted by Gasteiger charge is 2.10. The van der Waals surface area contributed by atoms with E-state index in [0.29, 0.717) is 29.6 Å². The molecule has 0 aromatic heterocycles. The molecule has 1 aromatic carbocycles. The number of nitrogens with two attached hydrogens (primary N) is 1. The highest BCUT2D eigenvalue weighted by molar-refractivity contribution is 6.42. The minimum absolute atomic E-state index is 0.0526. The number of carbonyl (C=O) groups excluding carboxylic acids is 1. The number of likely N-dealkylation sites (N-methyl/N-ethyl adjacent to an activating group) is 1. The van der Waals surface area contributed by atoms with Crippen LogP contribution >= 0.6 is 23.2 Å². The van der Waals surface area contributed by atoms with E-state index < -0.39 is 0 Å². The van der Waals surface area contributed by atoms with Crippen molar-refractivity contribution in [3.8, 4) is 0 Å². The van der Waals surface area contributed by atoms with Gasteiger partial charge in [0.2, 0.25) is 5.91 Å². The Kier molecular flexibility index (Phi) is 5.75. The molecule has 1 aromatic rings. The van der Waals surface area contributed by atoms with Crippen molar-refractivity contribution in [2.45, 2.75) is 12.8 Å². The van der Waals surface area contributed by atoms with Crippen molar-refractivity contribution in [1.29, 1.82) is 0 Å². The Bertz CT molecular complexity index is 396. The normalized spacial score (nSPS) is 10.4. The molecule has 5 heteroatoms. The van der Waals surface area contributed by atoms with Gasteiger partial charge in [-0.2, -0.15) is 0 Å². The van der Waals surface area contributed by atoms with Gasteiger partial charge in [0.05, 0.1) is 16.5 Å². The third kappa shape index (κ3) is 4.54. The monoisotopic (exact) mass is 274 g/mol. The lowest BCUT2D eigenvalue weighted by atomic mass is 10.1. The van der Waals surface area contributed by atoms with Crippen molar-refractivity contribution < 1.29 is 4.79 Å². The lowest BCUT2D eigenvalue weighted by molar-refractivity contribution is -0.129. The van der Waals surface area contributed by atoms with Crippen LogP contribution in [-0.4, -0.2) is 30.9 Å². The van der Waals surface area contributed by atoms with Crippen LogP contribution in [0, 0.1) is 0 Å². The van der Waals surface area contributed by atoms with Crippen LogP contribution < -0.4 is 5.73 Å². The molecule has 0 aliphatic heterocycles. The number of hydrogen-bond acceptors (Lipinski definition) is 2. The quantitative estimate of drug-likeness (QED) is 0.896. The maximum Gasteiger partial charge on any atom is 0.226 e. The summed E-state index contributed by atoms with van der Waals surface area (Å²) < 4.78 is 0. The van der Waals surface area contributed by atoms with E-state index in [0.717, 1.165) is 12.0 Å². The number of hydrogen-bond donors (Lipinski definition) is 1. The standard InChI is InChI=1S/C12H16Cl2N2O/c1-16(6-2-5-15)12(17)8-9-3-4-10(13)11(14)7-9/h3-4,7H,2,5-6,8,15H2,1H3. The fraction of sp³-hybridized carbons (Fsp3) is 0.417. The van der Waals surface area contributed by atoms with Crippen molar-refractivity contribution in [2.75, 3.05) is 20.1 Å². The van der Waals surface area contributed by atoms with Crippen molar-refractivity contribution in [3.05, 3.63) is 33.8 Å². The molecule has 0 saturated heterocycles. The second-order valence-electron chi connectivity index (χ2n) is 3.88. The van der Waals surface area contributed by atoms with Crippen molar-refractivity contribution in [2.24, 2.45) is 5.73 Å². The van der Waals surface area contributed by atoms with Gasteiger partial charge in [-0.05, 0) is 30.7 Å². The number of carbonyl (C=O) groups is 1. The first-order chi connectivity index (χ1) is 8.04. The topological polar surface area (TPSA) is 46.3 Å². The molecule has 1 rings (SSSR count). The van der Waals surface area contributed by atoms with Crippen LogP contribution in [-0.2, 0) is 11.2 Å². The van der Waals surface area contributed by atoms with Crippen LogP contribution in [0.5, 0.6) is 0 Å². The summed E-state index contributed by atoms with van der Waals surface area (Å²) in [5.41, 5.74) is 6.26. The molecule has 0 atom stereocenters. The van der Waals surface area contributed by atoms with Crippen LogP contribution in [0.3, 0.4) is 0 Å². The van der Waals surface area contributed by atoms with Gasteiger partial charge in [-0.15, -0.1) is 0 Å². The summed E-state index contributed by atoms with van der Waals surface area (Å²) in [6.07, 6.45) is 1.14. The predicted molar refractivity (Wildman–Crippen MR) is 71.5 cm³/mol. The lowest BCUT2D eigenvalue weighted by Gasteiger charge is -2.16. The first-order valence-corrected chi connectivity index (χ1v) is 6.18. The number of rotatable bonds is 5. The zero-order valence-electron chi connectivity index (χ0n) is 9.75. The van der Waals surface area contributed by atoms with Crippen LogP contribution in [0.25, 0.3) is 0 Å². The molecule has 0 spiro atoms. The fourth-order valence-corrected chi connectivity index (χ4v) is 1.73. The van der Waals surface area contributed by atoms with Crippen LogP contribution in [0.1, 0.15) is 12.0 Å². The molecule has 1 amide bonds. The SMILES string of the molecule is CN(CCCN)C(=O)Cc1ccc(Cl)c(Cl)c1. The lowest BCUT2D eigenvalue weighted by Crippen LogP contribution is -2.30. The molecule has 0 aliphatic rings. The highest BCUT2D eigenvalue weighted by atomic mass is 35.5.